The lowest BCUT2D eigenvalue weighted by Crippen LogP contribution is -2.30. The van der Waals surface area contributed by atoms with Gasteiger partial charge in [0, 0.05) is 16.6 Å². The lowest BCUT2D eigenvalue weighted by atomic mass is 10.1. The fraction of sp³-hybridized carbons (Fsp3) is 0.364. The van der Waals surface area contributed by atoms with Crippen molar-refractivity contribution in [2.45, 2.75) is 20.0 Å². The third-order valence-electron chi connectivity index (χ3n) is 1.99. The van der Waals surface area contributed by atoms with Gasteiger partial charge in [-0.1, -0.05) is 22.0 Å². The molecule has 0 fully saturated rings. The van der Waals surface area contributed by atoms with Crippen molar-refractivity contribution in [2.75, 3.05) is 6.54 Å². The van der Waals surface area contributed by atoms with Crippen molar-refractivity contribution in [3.63, 3.8) is 0 Å². The second-order valence-electron chi connectivity index (χ2n) is 3.52. The van der Waals surface area contributed by atoms with Crippen LogP contribution in [0.1, 0.15) is 22.8 Å². The average Bonchev–Trinajstić information content (AvgIpc) is 2.18. The number of benzene rings is 1. The van der Waals surface area contributed by atoms with Crippen LogP contribution in [0.15, 0.2) is 22.7 Å². The van der Waals surface area contributed by atoms with Crippen LogP contribution in [0, 0.1) is 6.92 Å². The zero-order chi connectivity index (χ0) is 11.4. The summed E-state index contributed by atoms with van der Waals surface area (Å²) in [5, 5.41) is 11.7. The highest BCUT2D eigenvalue weighted by Crippen LogP contribution is 2.17. The fourth-order valence-corrected chi connectivity index (χ4v) is 1.46. The number of aliphatic hydroxyl groups is 1. The number of nitrogens with one attached hydrogen (secondary N) is 1. The third kappa shape index (κ3) is 3.64. The zero-order valence-electron chi connectivity index (χ0n) is 8.75. The van der Waals surface area contributed by atoms with E-state index in [0.717, 1.165) is 10.0 Å². The number of carbonyl (C=O) groups is 1. The van der Waals surface area contributed by atoms with Crippen molar-refractivity contribution >= 4 is 21.8 Å². The molecule has 0 heterocycles. The summed E-state index contributed by atoms with van der Waals surface area (Å²) >= 11 is 3.36. The fourth-order valence-electron chi connectivity index (χ4n) is 1.08. The van der Waals surface area contributed by atoms with Crippen LogP contribution in [0.3, 0.4) is 0 Å². The predicted octanol–water partition coefficient (Wildman–Crippen LogP) is 1.87. The van der Waals surface area contributed by atoms with Gasteiger partial charge in [0.2, 0.25) is 0 Å². The first-order valence-corrected chi connectivity index (χ1v) is 5.52. The Kier molecular flexibility index (Phi) is 4.29. The number of halogens is 1. The Morgan fingerprint density at radius 1 is 1.60 bits per heavy atom. The van der Waals surface area contributed by atoms with Crippen LogP contribution in [0.2, 0.25) is 0 Å². The molecule has 0 aliphatic heterocycles. The number of rotatable bonds is 3. The van der Waals surface area contributed by atoms with E-state index in [0.29, 0.717) is 5.56 Å². The summed E-state index contributed by atoms with van der Waals surface area (Å²) in [7, 11) is 0. The molecule has 0 aliphatic rings. The van der Waals surface area contributed by atoms with E-state index in [1.807, 2.05) is 13.0 Å². The van der Waals surface area contributed by atoms with Gasteiger partial charge in [-0.2, -0.15) is 0 Å². The third-order valence-corrected chi connectivity index (χ3v) is 2.85. The van der Waals surface area contributed by atoms with Crippen LogP contribution in [-0.4, -0.2) is 23.7 Å². The Labute approximate surface area is 97.6 Å². The smallest absolute Gasteiger partial charge is 0.251 e. The molecule has 82 valence electrons. The molecular weight excluding hydrogens is 258 g/mol. The molecule has 1 aromatic rings. The molecule has 1 amide bonds. The Morgan fingerprint density at radius 3 is 2.80 bits per heavy atom. The summed E-state index contributed by atoms with van der Waals surface area (Å²) < 4.78 is 0.909. The number of carbonyl (C=O) groups excluding carboxylic acids is 1. The molecule has 0 saturated heterocycles. The minimum absolute atomic E-state index is 0.170. The minimum Gasteiger partial charge on any atom is -0.392 e. The summed E-state index contributed by atoms with van der Waals surface area (Å²) in [6, 6.07) is 5.41. The van der Waals surface area contributed by atoms with E-state index in [4.69, 9.17) is 5.11 Å². The molecule has 0 radical (unpaired) electrons. The number of hydrogen-bond acceptors (Lipinski definition) is 2. The van der Waals surface area contributed by atoms with Gasteiger partial charge in [-0.15, -0.1) is 0 Å². The number of amides is 1. The molecule has 15 heavy (non-hydrogen) atoms. The van der Waals surface area contributed by atoms with Crippen LogP contribution >= 0.6 is 15.9 Å². The first kappa shape index (κ1) is 12.2. The molecule has 0 aliphatic carbocycles. The Morgan fingerprint density at radius 2 is 2.27 bits per heavy atom. The molecule has 0 spiro atoms. The zero-order valence-corrected chi connectivity index (χ0v) is 10.3. The molecule has 1 aromatic carbocycles. The van der Waals surface area contributed by atoms with Gasteiger partial charge in [-0.05, 0) is 31.5 Å². The SMILES string of the molecule is Cc1ccc(C(=O)NCC(C)O)cc1Br. The molecular formula is C11H14BrNO2. The largest absolute Gasteiger partial charge is 0.392 e. The van der Waals surface area contributed by atoms with E-state index in [-0.39, 0.29) is 12.5 Å². The highest BCUT2D eigenvalue weighted by molar-refractivity contribution is 9.10. The molecule has 0 saturated carbocycles. The van der Waals surface area contributed by atoms with Crippen LogP contribution in [-0.2, 0) is 0 Å². The van der Waals surface area contributed by atoms with Crippen molar-refractivity contribution in [1.82, 2.24) is 5.32 Å². The predicted molar refractivity (Wildman–Crippen MR) is 62.9 cm³/mol. The van der Waals surface area contributed by atoms with E-state index in [1.54, 1.807) is 19.1 Å². The van der Waals surface area contributed by atoms with Crippen molar-refractivity contribution in [1.29, 1.82) is 0 Å². The molecule has 4 heteroatoms. The number of hydrogen-bond donors (Lipinski definition) is 2. The normalized spacial score (nSPS) is 12.3. The summed E-state index contributed by atoms with van der Waals surface area (Å²) in [6.45, 7) is 3.86. The van der Waals surface area contributed by atoms with Crippen LogP contribution in [0.4, 0.5) is 0 Å². The van der Waals surface area contributed by atoms with Crippen molar-refractivity contribution in [2.24, 2.45) is 0 Å². The van der Waals surface area contributed by atoms with Crippen LogP contribution in [0.25, 0.3) is 0 Å². The van der Waals surface area contributed by atoms with Gasteiger partial charge in [0.1, 0.15) is 0 Å². The molecule has 1 rings (SSSR count). The topological polar surface area (TPSA) is 49.3 Å². The lowest BCUT2D eigenvalue weighted by Gasteiger charge is -2.07. The standard InChI is InChI=1S/C11H14BrNO2/c1-7-3-4-9(5-10(7)12)11(15)13-6-8(2)14/h3-5,8,14H,6H2,1-2H3,(H,13,15). The van der Waals surface area contributed by atoms with E-state index in [1.165, 1.54) is 0 Å². The van der Waals surface area contributed by atoms with E-state index in [9.17, 15) is 4.79 Å². The van der Waals surface area contributed by atoms with Crippen molar-refractivity contribution < 1.29 is 9.90 Å². The maximum Gasteiger partial charge on any atom is 0.251 e. The van der Waals surface area contributed by atoms with Gasteiger partial charge in [0.25, 0.3) is 5.91 Å². The first-order valence-electron chi connectivity index (χ1n) is 4.73. The highest BCUT2D eigenvalue weighted by Gasteiger charge is 2.07. The van der Waals surface area contributed by atoms with Crippen molar-refractivity contribution in [3.05, 3.63) is 33.8 Å². The Hall–Kier alpha value is -0.870. The monoisotopic (exact) mass is 271 g/mol. The second-order valence-corrected chi connectivity index (χ2v) is 4.38. The Bertz CT molecular complexity index is 364. The summed E-state index contributed by atoms with van der Waals surface area (Å²) in [5.41, 5.74) is 1.68. The Balaban J connectivity index is 2.70. The van der Waals surface area contributed by atoms with Gasteiger partial charge < -0.3 is 10.4 Å². The number of aryl methyl sites for hydroxylation is 1. The maximum absolute atomic E-state index is 11.6. The molecule has 2 N–H and O–H groups in total. The second kappa shape index (κ2) is 5.28. The highest BCUT2D eigenvalue weighted by atomic mass is 79.9. The lowest BCUT2D eigenvalue weighted by molar-refractivity contribution is 0.0924. The van der Waals surface area contributed by atoms with E-state index >= 15 is 0 Å². The molecule has 3 nitrogen and oxygen atoms in total. The van der Waals surface area contributed by atoms with Crippen LogP contribution < -0.4 is 5.32 Å². The summed E-state index contributed by atoms with van der Waals surface area (Å²) in [4.78, 5) is 11.6. The van der Waals surface area contributed by atoms with Crippen LogP contribution in [0.5, 0.6) is 0 Å². The summed E-state index contributed by atoms with van der Waals surface area (Å²) in [6.07, 6.45) is -0.525. The van der Waals surface area contributed by atoms with Gasteiger partial charge in [0.15, 0.2) is 0 Å². The minimum atomic E-state index is -0.525. The molecule has 0 bridgehead atoms. The average molecular weight is 272 g/mol. The van der Waals surface area contributed by atoms with Crippen molar-refractivity contribution in [3.8, 4) is 0 Å². The van der Waals surface area contributed by atoms with E-state index in [2.05, 4.69) is 21.2 Å². The van der Waals surface area contributed by atoms with Gasteiger partial charge in [-0.3, -0.25) is 4.79 Å². The summed E-state index contributed by atoms with van der Waals surface area (Å²) in [5.74, 6) is -0.170. The molecule has 0 aromatic heterocycles. The first-order chi connectivity index (χ1) is 7.00. The maximum atomic E-state index is 11.6. The van der Waals surface area contributed by atoms with Gasteiger partial charge in [-0.25, -0.2) is 0 Å². The number of aliphatic hydroxyl groups excluding tert-OH is 1. The molecule has 1 unspecified atom stereocenters. The van der Waals surface area contributed by atoms with Gasteiger partial charge >= 0.3 is 0 Å². The van der Waals surface area contributed by atoms with E-state index < -0.39 is 6.10 Å². The molecule has 1 atom stereocenters. The quantitative estimate of drug-likeness (QED) is 0.882. The van der Waals surface area contributed by atoms with Gasteiger partial charge in [0.05, 0.1) is 6.10 Å².